The second-order valence-corrected chi connectivity index (χ2v) is 10.2. The molecule has 3 rings (SSSR count). The molecular formula is C24H24Cl2N2O4S. The van der Waals surface area contributed by atoms with Crippen molar-refractivity contribution in [2.75, 3.05) is 14.2 Å². The van der Waals surface area contributed by atoms with E-state index in [2.05, 4.69) is 5.32 Å². The Morgan fingerprint density at radius 1 is 1.03 bits per heavy atom. The summed E-state index contributed by atoms with van der Waals surface area (Å²) in [6.07, 6.45) is -0.0832. The summed E-state index contributed by atoms with van der Waals surface area (Å²) < 4.78 is 32.9. The number of carbonyl (C=O) groups is 1. The molecule has 3 aromatic carbocycles. The number of methoxy groups -OCH3 is 1. The molecule has 0 aliphatic carbocycles. The zero-order chi connectivity index (χ0) is 24.0. The number of hydrogen-bond acceptors (Lipinski definition) is 4. The Labute approximate surface area is 204 Å². The molecule has 1 amide bonds. The number of benzene rings is 3. The van der Waals surface area contributed by atoms with Crippen LogP contribution >= 0.6 is 23.2 Å². The van der Waals surface area contributed by atoms with E-state index in [0.717, 1.165) is 0 Å². The maximum atomic E-state index is 13.2. The fraction of sp³-hybridized carbons (Fsp3) is 0.208. The van der Waals surface area contributed by atoms with Gasteiger partial charge in [0.25, 0.3) is 0 Å². The molecule has 0 fully saturated rings. The molecular weight excluding hydrogens is 483 g/mol. The van der Waals surface area contributed by atoms with Gasteiger partial charge in [0.2, 0.25) is 15.9 Å². The molecule has 174 valence electrons. The van der Waals surface area contributed by atoms with Crippen molar-refractivity contribution >= 4 is 39.1 Å². The van der Waals surface area contributed by atoms with Gasteiger partial charge in [-0.05, 0) is 47.5 Å². The molecule has 0 heterocycles. The number of hydrogen-bond donors (Lipinski definition) is 1. The van der Waals surface area contributed by atoms with Crippen molar-refractivity contribution in [1.82, 2.24) is 9.62 Å². The maximum absolute atomic E-state index is 13.2. The number of nitrogens with zero attached hydrogens (tertiary/aromatic N) is 1. The number of nitrogens with one attached hydrogen (secondary N) is 1. The number of halogens is 2. The van der Waals surface area contributed by atoms with E-state index >= 15 is 0 Å². The van der Waals surface area contributed by atoms with Crippen LogP contribution < -0.4 is 10.1 Å². The van der Waals surface area contributed by atoms with Crippen molar-refractivity contribution in [1.29, 1.82) is 0 Å². The molecule has 3 aromatic rings. The van der Waals surface area contributed by atoms with Gasteiger partial charge in [-0.15, -0.1) is 0 Å². The molecule has 1 atom stereocenters. The minimum absolute atomic E-state index is 0.0832. The van der Waals surface area contributed by atoms with Crippen LogP contribution in [0.3, 0.4) is 0 Å². The lowest BCUT2D eigenvalue weighted by molar-refractivity contribution is -0.122. The minimum atomic E-state index is -3.84. The van der Waals surface area contributed by atoms with Crippen molar-refractivity contribution in [3.8, 4) is 5.75 Å². The first kappa shape index (κ1) is 25.1. The molecule has 33 heavy (non-hydrogen) atoms. The highest BCUT2D eigenvalue weighted by Gasteiger charge is 2.30. The van der Waals surface area contributed by atoms with E-state index in [4.69, 9.17) is 27.9 Å². The van der Waals surface area contributed by atoms with Crippen molar-refractivity contribution in [3.05, 3.63) is 94.0 Å². The molecule has 0 radical (unpaired) electrons. The average Bonchev–Trinajstić information content (AvgIpc) is 2.82. The van der Waals surface area contributed by atoms with Gasteiger partial charge in [-0.25, -0.2) is 8.42 Å². The summed E-state index contributed by atoms with van der Waals surface area (Å²) in [5.41, 5.74) is 1.37. The molecule has 9 heteroatoms. The van der Waals surface area contributed by atoms with Crippen LogP contribution in [-0.4, -0.2) is 32.8 Å². The van der Waals surface area contributed by atoms with Crippen LogP contribution in [0.5, 0.6) is 5.75 Å². The van der Waals surface area contributed by atoms with E-state index in [1.807, 2.05) is 0 Å². The Bertz CT molecular complexity index is 1200. The van der Waals surface area contributed by atoms with Crippen molar-refractivity contribution < 1.29 is 17.9 Å². The highest BCUT2D eigenvalue weighted by molar-refractivity contribution is 7.89. The van der Waals surface area contributed by atoms with Gasteiger partial charge in [0.1, 0.15) is 5.75 Å². The predicted molar refractivity (Wildman–Crippen MR) is 130 cm³/mol. The summed E-state index contributed by atoms with van der Waals surface area (Å²) in [7, 11) is -0.818. The van der Waals surface area contributed by atoms with Crippen molar-refractivity contribution in [2.45, 2.75) is 23.9 Å². The Morgan fingerprint density at radius 3 is 2.30 bits per heavy atom. The molecule has 0 aliphatic rings. The topological polar surface area (TPSA) is 75.7 Å². The van der Waals surface area contributed by atoms with E-state index in [0.29, 0.717) is 26.9 Å². The van der Waals surface area contributed by atoms with Gasteiger partial charge < -0.3 is 10.1 Å². The van der Waals surface area contributed by atoms with Crippen LogP contribution in [0.15, 0.2) is 77.7 Å². The van der Waals surface area contributed by atoms with E-state index in [9.17, 15) is 13.2 Å². The summed E-state index contributed by atoms with van der Waals surface area (Å²) in [4.78, 5) is 13.0. The summed E-state index contributed by atoms with van der Waals surface area (Å²) in [5, 5.41) is 3.76. The Hall–Kier alpha value is -2.58. The standard InChI is InChI=1S/C24H24Cl2N2O4S/c1-28(33(30,31)21-6-4-3-5-7-21)23(17-9-12-20(32-2)13-10-17)15-24(29)27-16-18-8-11-19(25)14-22(18)26/h3-14,23H,15-16H2,1-2H3,(H,27,29)/t23-/m0/s1. The lowest BCUT2D eigenvalue weighted by atomic mass is 10.0. The van der Waals surface area contributed by atoms with Gasteiger partial charge in [0, 0.05) is 30.1 Å². The molecule has 0 saturated heterocycles. The average molecular weight is 507 g/mol. The molecule has 0 saturated carbocycles. The first-order valence-corrected chi connectivity index (χ1v) is 12.3. The Balaban J connectivity index is 1.84. The van der Waals surface area contributed by atoms with Gasteiger partial charge in [-0.1, -0.05) is 59.6 Å². The third-order valence-corrected chi connectivity index (χ3v) is 7.70. The van der Waals surface area contributed by atoms with Gasteiger partial charge >= 0.3 is 0 Å². The first-order chi connectivity index (χ1) is 15.7. The zero-order valence-electron chi connectivity index (χ0n) is 18.2. The molecule has 0 unspecified atom stereocenters. The SMILES string of the molecule is COc1ccc([C@H](CC(=O)NCc2ccc(Cl)cc2Cl)N(C)S(=O)(=O)c2ccccc2)cc1. The fourth-order valence-electron chi connectivity index (χ4n) is 3.32. The summed E-state index contributed by atoms with van der Waals surface area (Å²) in [6, 6.07) is 19.4. The van der Waals surface area contributed by atoms with Crippen LogP contribution in [0, 0.1) is 0 Å². The molecule has 1 N–H and O–H groups in total. The number of sulfonamides is 1. The minimum Gasteiger partial charge on any atom is -0.497 e. The normalized spacial score (nSPS) is 12.4. The molecule has 6 nitrogen and oxygen atoms in total. The second-order valence-electron chi connectivity index (χ2n) is 7.34. The van der Waals surface area contributed by atoms with Crippen LogP contribution in [0.2, 0.25) is 10.0 Å². The molecule has 0 spiro atoms. The monoisotopic (exact) mass is 506 g/mol. The quantitative estimate of drug-likeness (QED) is 0.439. The molecule has 0 aliphatic heterocycles. The van der Waals surface area contributed by atoms with Crippen molar-refractivity contribution in [2.24, 2.45) is 0 Å². The van der Waals surface area contributed by atoms with E-state index in [1.165, 1.54) is 23.5 Å². The van der Waals surface area contributed by atoms with E-state index < -0.39 is 16.1 Å². The number of amides is 1. The lowest BCUT2D eigenvalue weighted by Gasteiger charge is -2.28. The lowest BCUT2D eigenvalue weighted by Crippen LogP contribution is -2.35. The fourth-order valence-corrected chi connectivity index (χ4v) is 5.16. The number of rotatable bonds is 9. The molecule has 0 aromatic heterocycles. The predicted octanol–water partition coefficient (Wildman–Crippen LogP) is 5.07. The highest BCUT2D eigenvalue weighted by Crippen LogP contribution is 2.30. The number of ether oxygens (including phenoxy) is 1. The first-order valence-electron chi connectivity index (χ1n) is 10.1. The van der Waals surface area contributed by atoms with Crippen molar-refractivity contribution in [3.63, 3.8) is 0 Å². The van der Waals surface area contributed by atoms with Crippen LogP contribution in [0.1, 0.15) is 23.6 Å². The second kappa shape index (κ2) is 11.0. The summed E-state index contributed by atoms with van der Waals surface area (Å²) in [6.45, 7) is 0.194. The smallest absolute Gasteiger partial charge is 0.243 e. The van der Waals surface area contributed by atoms with Gasteiger partial charge in [-0.3, -0.25) is 4.79 Å². The maximum Gasteiger partial charge on any atom is 0.243 e. The van der Waals surface area contributed by atoms with Gasteiger partial charge in [0.15, 0.2) is 0 Å². The number of carbonyl (C=O) groups excluding carboxylic acids is 1. The van der Waals surface area contributed by atoms with Crippen LogP contribution in [0.25, 0.3) is 0 Å². The molecule has 0 bridgehead atoms. The van der Waals surface area contributed by atoms with Gasteiger partial charge in [-0.2, -0.15) is 4.31 Å². The van der Waals surface area contributed by atoms with E-state index in [-0.39, 0.29) is 23.8 Å². The van der Waals surface area contributed by atoms with E-state index in [1.54, 1.807) is 67.8 Å². The summed E-state index contributed by atoms with van der Waals surface area (Å²) >= 11 is 12.1. The highest BCUT2D eigenvalue weighted by atomic mass is 35.5. The van der Waals surface area contributed by atoms with Crippen LogP contribution in [0.4, 0.5) is 0 Å². The van der Waals surface area contributed by atoms with Crippen LogP contribution in [-0.2, 0) is 21.4 Å². The third-order valence-electron chi connectivity index (χ3n) is 5.23. The largest absolute Gasteiger partial charge is 0.497 e. The summed E-state index contributed by atoms with van der Waals surface area (Å²) in [5.74, 6) is 0.310. The third kappa shape index (κ3) is 6.26. The Morgan fingerprint density at radius 2 is 1.70 bits per heavy atom. The zero-order valence-corrected chi connectivity index (χ0v) is 20.5. The van der Waals surface area contributed by atoms with Gasteiger partial charge in [0.05, 0.1) is 18.0 Å². The Kier molecular flexibility index (Phi) is 8.37.